The first-order valence-corrected chi connectivity index (χ1v) is 45.7. The first-order chi connectivity index (χ1) is 58.9. The number of hydrogen-bond acceptors (Lipinski definition) is 19. The maximum absolute atomic E-state index is 13.9. The van der Waals surface area contributed by atoms with E-state index in [0.29, 0.717) is 64.8 Å². The molecular formula is C100H109N11O8S2. The van der Waals surface area contributed by atoms with Gasteiger partial charge in [-0.2, -0.15) is 0 Å². The highest BCUT2D eigenvalue weighted by Crippen LogP contribution is 2.48. The van der Waals surface area contributed by atoms with Gasteiger partial charge in [0, 0.05) is 132 Å². The Morgan fingerprint density at radius 3 is 1.21 bits per heavy atom. The summed E-state index contributed by atoms with van der Waals surface area (Å²) in [5.74, 6) is 5.23. The maximum Gasteiger partial charge on any atom is 0.412 e. The number of Topliss-reactive ketones (excluding diaryl/α,β-unsaturated/α-hetero) is 2. The number of aromatic carboxylic acids is 1. The fourth-order valence-electron chi connectivity index (χ4n) is 17.4. The Kier molecular flexibility index (Phi) is 24.9. The number of nitrogens with zero attached hydrogens (tertiary/aromatic N) is 8. The second-order valence-electron chi connectivity index (χ2n) is 34.8. The molecule has 0 bridgehead atoms. The molecule has 20 rings (SSSR count). The van der Waals surface area contributed by atoms with Crippen LogP contribution in [-0.4, -0.2) is 132 Å². The molecule has 21 heteroatoms. The lowest BCUT2D eigenvalue weighted by molar-refractivity contribution is 0.0524. The molecule has 0 atom stereocenters. The average molecular weight is 1660 g/mol. The van der Waals surface area contributed by atoms with Gasteiger partial charge in [0.15, 0.2) is 11.6 Å². The van der Waals surface area contributed by atoms with Gasteiger partial charge in [0.1, 0.15) is 28.9 Å². The van der Waals surface area contributed by atoms with Crippen molar-refractivity contribution < 1.29 is 38.6 Å². The summed E-state index contributed by atoms with van der Waals surface area (Å²) in [6, 6.07) is 52.4. The number of piperidine rings is 3. The molecule has 121 heavy (non-hydrogen) atoms. The molecule has 0 spiro atoms. The van der Waals surface area contributed by atoms with E-state index >= 15 is 0 Å². The molecule has 4 aliphatic carbocycles. The number of carboxylic acids is 1. The molecule has 5 N–H and O–H groups in total. The van der Waals surface area contributed by atoms with Crippen molar-refractivity contribution in [3.63, 3.8) is 0 Å². The van der Waals surface area contributed by atoms with Crippen molar-refractivity contribution in [3.8, 4) is 20.9 Å². The van der Waals surface area contributed by atoms with E-state index in [1.165, 1.54) is 105 Å². The topological polar surface area (TPSA) is 239 Å². The summed E-state index contributed by atoms with van der Waals surface area (Å²) in [5.41, 5.74) is 22.0. The number of esters is 1. The van der Waals surface area contributed by atoms with Crippen LogP contribution in [0.15, 0.2) is 168 Å². The van der Waals surface area contributed by atoms with Crippen molar-refractivity contribution in [3.05, 3.63) is 224 Å². The van der Waals surface area contributed by atoms with E-state index < -0.39 is 17.7 Å². The summed E-state index contributed by atoms with van der Waals surface area (Å²) in [5, 5.41) is 23.7. The van der Waals surface area contributed by atoms with Gasteiger partial charge < -0.3 is 45.2 Å². The van der Waals surface area contributed by atoms with Crippen LogP contribution in [0.3, 0.4) is 0 Å². The summed E-state index contributed by atoms with van der Waals surface area (Å²) in [6.07, 6.45) is 20.5. The number of ketones is 2. The van der Waals surface area contributed by atoms with Crippen LogP contribution in [-0.2, 0) is 22.3 Å². The number of hydrogen-bond donors (Lipinski definition) is 4. The van der Waals surface area contributed by atoms with E-state index in [9.17, 15) is 29.1 Å². The van der Waals surface area contributed by atoms with Crippen LogP contribution in [0.25, 0.3) is 64.5 Å². The van der Waals surface area contributed by atoms with Crippen LogP contribution >= 0.6 is 22.7 Å². The molecule has 6 aromatic heterocycles. The minimum Gasteiger partial charge on any atom is -0.478 e. The highest BCUT2D eigenvalue weighted by molar-refractivity contribution is 7.13. The molecule has 10 heterocycles. The zero-order chi connectivity index (χ0) is 83.3. The molecule has 624 valence electrons. The number of thiophene rings is 2. The zero-order valence-corrected chi connectivity index (χ0v) is 71.6. The van der Waals surface area contributed by atoms with Crippen molar-refractivity contribution in [2.45, 2.75) is 179 Å². The van der Waals surface area contributed by atoms with Gasteiger partial charge in [0.25, 0.3) is 0 Å². The normalized spacial score (nSPS) is 16.8. The Hall–Kier alpha value is -11.1. The van der Waals surface area contributed by atoms with E-state index in [1.54, 1.807) is 28.7 Å². The van der Waals surface area contributed by atoms with Gasteiger partial charge in [-0.15, -0.1) is 22.7 Å². The van der Waals surface area contributed by atoms with Gasteiger partial charge in [-0.25, -0.2) is 34.3 Å². The number of fused-ring (bicyclic) bond motifs is 4. The number of carbonyl (C=O) groups excluding carboxylic acids is 4. The lowest BCUT2D eigenvalue weighted by Crippen LogP contribution is -2.43. The number of aromatic nitrogens is 4. The number of benzene rings is 6. The Morgan fingerprint density at radius 2 is 0.826 bits per heavy atom. The van der Waals surface area contributed by atoms with Gasteiger partial charge in [-0.1, -0.05) is 24.3 Å². The van der Waals surface area contributed by atoms with E-state index in [0.717, 1.165) is 196 Å². The molecule has 4 saturated heterocycles. The van der Waals surface area contributed by atoms with Crippen LogP contribution < -0.4 is 36.0 Å². The molecule has 0 radical (unpaired) electrons. The van der Waals surface area contributed by atoms with Crippen LogP contribution in [0.1, 0.15) is 235 Å². The van der Waals surface area contributed by atoms with E-state index in [4.69, 9.17) is 35.1 Å². The smallest absolute Gasteiger partial charge is 0.412 e. The number of carboxylic acid groups (broad SMARTS) is 1. The van der Waals surface area contributed by atoms with Gasteiger partial charge in [-0.3, -0.25) is 14.9 Å². The molecule has 4 saturated carbocycles. The largest absolute Gasteiger partial charge is 0.478 e. The Balaban J connectivity index is 0.000000118. The SMILES string of the molecule is CC(C)(C)OC(=O)Nc1ccc(-c2cccs2)cc1CC(=O)c1cc(C2CC2)c2nc(N3CCCCC3)ccc2c1.CCOC(=O)c1cc(C2CC2)c2nc(N3CCCCC3)ccc2c1.Nc1ccc(-c2cccs2)cc1CC(=O)c1cc(C2CC2)c2nc(N3CCNCC3)ccc2c1.O=C(O)c1cc(C2CC2)c2nc(N3CCCCC3)ccc2c1. The summed E-state index contributed by atoms with van der Waals surface area (Å²) in [4.78, 5) is 95.2. The number of nitrogens with two attached hydrogens (primary N) is 1. The number of pyridine rings is 4. The Bertz CT molecular complexity index is 5810. The minimum atomic E-state index is -0.857. The molecular weight excluding hydrogens is 1550 g/mol. The van der Waals surface area contributed by atoms with Gasteiger partial charge >= 0.3 is 18.0 Å². The molecule has 0 unspecified atom stereocenters. The lowest BCUT2D eigenvalue weighted by atomic mass is 9.95. The monoisotopic (exact) mass is 1660 g/mol. The van der Waals surface area contributed by atoms with Crippen molar-refractivity contribution in [1.82, 2.24) is 25.3 Å². The number of rotatable bonds is 20. The fourth-order valence-corrected chi connectivity index (χ4v) is 18.8. The van der Waals surface area contributed by atoms with Crippen molar-refractivity contribution >= 4 is 131 Å². The predicted octanol–water partition coefficient (Wildman–Crippen LogP) is 21.9. The maximum atomic E-state index is 13.9. The molecule has 8 aliphatic rings. The molecule has 8 fully saturated rings. The summed E-state index contributed by atoms with van der Waals surface area (Å²) in [6.45, 7) is 18.1. The zero-order valence-electron chi connectivity index (χ0n) is 70.0. The molecule has 6 aromatic carbocycles. The van der Waals surface area contributed by atoms with Crippen molar-refractivity contribution in [2.75, 3.05) is 103 Å². The summed E-state index contributed by atoms with van der Waals surface area (Å²) in [7, 11) is 0. The second-order valence-corrected chi connectivity index (χ2v) is 36.7. The number of nitrogens with one attached hydrogen (secondary N) is 2. The fraction of sp³-hybridized carbons (Fsp3) is 0.390. The van der Waals surface area contributed by atoms with Crippen LogP contribution in [0.5, 0.6) is 0 Å². The van der Waals surface area contributed by atoms with E-state index in [-0.39, 0.29) is 24.0 Å². The molecule has 12 aromatic rings. The number of amides is 1. The average Bonchev–Trinajstić information content (AvgIpc) is 1.67. The van der Waals surface area contributed by atoms with E-state index in [2.05, 4.69) is 102 Å². The van der Waals surface area contributed by atoms with E-state index in [1.807, 2.05) is 118 Å². The van der Waals surface area contributed by atoms with Crippen LogP contribution in [0.2, 0.25) is 0 Å². The highest BCUT2D eigenvalue weighted by Gasteiger charge is 2.33. The standard InChI is InChI=1S/C34H37N3O3S.C28H28N4OS.C20H24N2O2.C18H20N2O2/c1-34(2,3)40-33(39)35-28-13-11-23(30-8-7-17-41-30)18-25(28)21-29(38)26-19-24-12-14-31(37-15-5-4-6-16-37)36-32(24)27(20-26)22-9-10-22;29-24-7-5-19(26-2-1-13-34-26)14-21(24)17-25(33)22-15-20-6-8-27(32-11-9-30-10-12-32)31-28(20)23(16-22)18-3-4-18;1-2-24-20(23)16-12-15-8-9-18(22-10-4-3-5-11-22)21-19(15)17(13-16)14-6-7-14;21-18(22)14-10-13-6-7-16(20-8-2-1-3-9-20)19-17(13)15(11-14)12-4-5-12/h7-8,11-14,17-20,22H,4-6,9-10,15-16,21H2,1-3H3,(H,35,39);1-2,5-8,13-16,18,30H,3-4,9-12,17,29H2;8-9,12-14H,2-7,10-11H2,1H3;6-7,10-12H,1-5,8-9H2,(H,21,22). The Morgan fingerprint density at radius 1 is 0.455 bits per heavy atom. The van der Waals surface area contributed by atoms with Gasteiger partial charge in [0.2, 0.25) is 0 Å². The number of anilines is 6. The van der Waals surface area contributed by atoms with Gasteiger partial charge in [0.05, 0.1) is 39.8 Å². The third-order valence-corrected chi connectivity index (χ3v) is 26.2. The summed E-state index contributed by atoms with van der Waals surface area (Å²) >= 11 is 3.34. The quantitative estimate of drug-likeness (QED) is 0.0315. The molecule has 19 nitrogen and oxygen atoms in total. The number of piperazine rings is 1. The number of nitrogen functional groups attached to an aromatic ring is 1. The Labute approximate surface area is 716 Å². The first kappa shape index (κ1) is 82.2. The predicted molar refractivity (Wildman–Crippen MR) is 491 cm³/mol. The van der Waals surface area contributed by atoms with Gasteiger partial charge in [-0.05, 0) is 349 Å². The number of ether oxygens (including phenoxy) is 2. The van der Waals surface area contributed by atoms with Crippen molar-refractivity contribution in [2.24, 2.45) is 0 Å². The molecule has 4 aliphatic heterocycles. The minimum absolute atomic E-state index is 0.0180. The third-order valence-electron chi connectivity index (χ3n) is 24.4. The van der Waals surface area contributed by atoms with Crippen molar-refractivity contribution in [1.29, 1.82) is 0 Å². The third kappa shape index (κ3) is 20.1. The summed E-state index contributed by atoms with van der Waals surface area (Å²) < 4.78 is 10.7. The number of carbonyl (C=O) groups is 5. The van der Waals surface area contributed by atoms with Crippen LogP contribution in [0.4, 0.5) is 39.4 Å². The first-order valence-electron chi connectivity index (χ1n) is 43.9. The second kappa shape index (κ2) is 36.7. The molecule has 1 amide bonds. The van der Waals surface area contributed by atoms with Crippen LogP contribution in [0, 0.1) is 0 Å². The highest BCUT2D eigenvalue weighted by atomic mass is 32.1. The lowest BCUT2D eigenvalue weighted by Gasteiger charge is -2.28.